The summed E-state index contributed by atoms with van der Waals surface area (Å²) in [5.41, 5.74) is 3.37. The molecule has 0 aliphatic heterocycles. The minimum Gasteiger partial charge on any atom is -0.457 e. The predicted molar refractivity (Wildman–Crippen MR) is 126 cm³/mol. The Morgan fingerprint density at radius 2 is 1.45 bits per heavy atom. The monoisotopic (exact) mass is 435 g/mol. The fourth-order valence-electron chi connectivity index (χ4n) is 2.89. The Balaban J connectivity index is 1.64. The SMILES string of the molecule is CC(C)(C)ONC(=O)CC(Cc1ccccc1)Sc1ccc(Oc2ccccc2)cc1. The van der Waals surface area contributed by atoms with Crippen LogP contribution in [0.2, 0.25) is 0 Å². The summed E-state index contributed by atoms with van der Waals surface area (Å²) in [6.07, 6.45) is 1.15. The molecule has 1 amide bonds. The molecule has 4 nitrogen and oxygen atoms in total. The number of benzene rings is 3. The van der Waals surface area contributed by atoms with Crippen molar-refractivity contribution in [2.45, 2.75) is 49.4 Å². The van der Waals surface area contributed by atoms with Crippen LogP contribution in [0.3, 0.4) is 0 Å². The van der Waals surface area contributed by atoms with E-state index in [-0.39, 0.29) is 11.2 Å². The van der Waals surface area contributed by atoms with Gasteiger partial charge in [0.15, 0.2) is 0 Å². The van der Waals surface area contributed by atoms with Gasteiger partial charge in [-0.3, -0.25) is 9.63 Å². The lowest BCUT2D eigenvalue weighted by Gasteiger charge is -2.21. The molecule has 0 spiro atoms. The van der Waals surface area contributed by atoms with E-state index in [1.165, 1.54) is 5.56 Å². The molecule has 0 aliphatic carbocycles. The van der Waals surface area contributed by atoms with E-state index in [4.69, 9.17) is 9.57 Å². The van der Waals surface area contributed by atoms with Crippen LogP contribution in [0, 0.1) is 0 Å². The number of nitrogens with one attached hydrogen (secondary N) is 1. The van der Waals surface area contributed by atoms with Crippen LogP contribution in [-0.4, -0.2) is 16.8 Å². The minimum atomic E-state index is -0.424. The van der Waals surface area contributed by atoms with Crippen LogP contribution in [0.1, 0.15) is 32.8 Å². The van der Waals surface area contributed by atoms with E-state index in [9.17, 15) is 4.79 Å². The van der Waals surface area contributed by atoms with E-state index in [1.807, 2.05) is 93.6 Å². The Hall–Kier alpha value is -2.76. The van der Waals surface area contributed by atoms with Crippen LogP contribution in [0.25, 0.3) is 0 Å². The molecule has 0 fully saturated rings. The Morgan fingerprint density at radius 1 is 0.871 bits per heavy atom. The molecule has 31 heavy (non-hydrogen) atoms. The van der Waals surface area contributed by atoms with E-state index in [2.05, 4.69) is 17.6 Å². The van der Waals surface area contributed by atoms with Crippen LogP contribution < -0.4 is 10.2 Å². The number of hydrogen-bond acceptors (Lipinski definition) is 4. The van der Waals surface area contributed by atoms with Crippen LogP contribution in [0.4, 0.5) is 0 Å². The molecule has 0 radical (unpaired) electrons. The number of rotatable bonds is 9. The zero-order valence-corrected chi connectivity index (χ0v) is 19.0. The molecular weight excluding hydrogens is 406 g/mol. The molecule has 0 heterocycles. The smallest absolute Gasteiger partial charge is 0.244 e. The quantitative estimate of drug-likeness (QED) is 0.311. The third-order valence-electron chi connectivity index (χ3n) is 4.30. The lowest BCUT2D eigenvalue weighted by atomic mass is 10.1. The van der Waals surface area contributed by atoms with Gasteiger partial charge in [0.2, 0.25) is 5.91 Å². The number of amides is 1. The van der Waals surface area contributed by atoms with Gasteiger partial charge < -0.3 is 4.74 Å². The van der Waals surface area contributed by atoms with E-state index in [0.29, 0.717) is 6.42 Å². The van der Waals surface area contributed by atoms with Gasteiger partial charge in [-0.05, 0) is 69.2 Å². The maximum Gasteiger partial charge on any atom is 0.244 e. The van der Waals surface area contributed by atoms with E-state index in [1.54, 1.807) is 11.8 Å². The van der Waals surface area contributed by atoms with Gasteiger partial charge >= 0.3 is 0 Å². The van der Waals surface area contributed by atoms with Crippen molar-refractivity contribution in [1.29, 1.82) is 0 Å². The van der Waals surface area contributed by atoms with E-state index < -0.39 is 5.60 Å². The lowest BCUT2D eigenvalue weighted by molar-refractivity contribution is -0.145. The molecule has 0 aromatic heterocycles. The van der Waals surface area contributed by atoms with E-state index in [0.717, 1.165) is 22.8 Å². The molecule has 0 saturated carbocycles. The van der Waals surface area contributed by atoms with Gasteiger partial charge in [0.1, 0.15) is 11.5 Å². The highest BCUT2D eigenvalue weighted by molar-refractivity contribution is 8.00. The number of carbonyl (C=O) groups is 1. The Kier molecular flexibility index (Phi) is 8.15. The summed E-state index contributed by atoms with van der Waals surface area (Å²) < 4.78 is 5.87. The largest absolute Gasteiger partial charge is 0.457 e. The lowest BCUT2D eigenvalue weighted by Crippen LogP contribution is -2.35. The number of hydrogen-bond donors (Lipinski definition) is 1. The third-order valence-corrected chi connectivity index (χ3v) is 5.51. The van der Waals surface area contributed by atoms with Gasteiger partial charge in [-0.25, -0.2) is 5.48 Å². The van der Waals surface area contributed by atoms with Crippen molar-refractivity contribution in [2.24, 2.45) is 0 Å². The Bertz CT molecular complexity index is 938. The molecule has 0 saturated heterocycles. The normalized spacial score (nSPS) is 12.2. The van der Waals surface area contributed by atoms with Crippen molar-refractivity contribution < 1.29 is 14.4 Å². The number of carbonyl (C=O) groups excluding carboxylic acids is 1. The summed E-state index contributed by atoms with van der Waals surface area (Å²) in [6, 6.07) is 27.9. The Morgan fingerprint density at radius 3 is 2.06 bits per heavy atom. The molecule has 3 aromatic carbocycles. The molecule has 1 unspecified atom stereocenters. The molecule has 0 aliphatic rings. The van der Waals surface area contributed by atoms with Gasteiger partial charge in [-0.1, -0.05) is 48.5 Å². The second-order valence-electron chi connectivity index (χ2n) is 8.26. The average Bonchev–Trinajstić information content (AvgIpc) is 2.75. The van der Waals surface area contributed by atoms with Crippen LogP contribution in [0.5, 0.6) is 11.5 Å². The zero-order valence-electron chi connectivity index (χ0n) is 18.2. The summed E-state index contributed by atoms with van der Waals surface area (Å²) >= 11 is 1.69. The first-order valence-electron chi connectivity index (χ1n) is 10.4. The predicted octanol–water partition coefficient (Wildman–Crippen LogP) is 6.42. The van der Waals surface area contributed by atoms with Crippen molar-refractivity contribution in [3.05, 3.63) is 90.5 Å². The van der Waals surface area contributed by atoms with Crippen molar-refractivity contribution >= 4 is 17.7 Å². The first-order chi connectivity index (χ1) is 14.9. The number of hydroxylamine groups is 1. The summed E-state index contributed by atoms with van der Waals surface area (Å²) in [7, 11) is 0. The summed E-state index contributed by atoms with van der Waals surface area (Å²) in [4.78, 5) is 19.0. The van der Waals surface area contributed by atoms with Crippen molar-refractivity contribution in [2.75, 3.05) is 0 Å². The molecule has 5 heteroatoms. The van der Waals surface area contributed by atoms with Gasteiger partial charge in [-0.15, -0.1) is 11.8 Å². The molecule has 0 bridgehead atoms. The summed E-state index contributed by atoms with van der Waals surface area (Å²) in [6.45, 7) is 5.72. The molecule has 3 aromatic rings. The van der Waals surface area contributed by atoms with Crippen molar-refractivity contribution in [3.8, 4) is 11.5 Å². The van der Waals surface area contributed by atoms with Crippen LogP contribution in [-0.2, 0) is 16.1 Å². The first-order valence-corrected chi connectivity index (χ1v) is 11.3. The molecule has 1 N–H and O–H groups in total. The summed E-state index contributed by atoms with van der Waals surface area (Å²) in [5, 5.41) is 0.0758. The molecule has 3 rings (SSSR count). The van der Waals surface area contributed by atoms with Gasteiger partial charge in [-0.2, -0.15) is 0 Å². The molecule has 1 atom stereocenters. The minimum absolute atomic E-state index is 0.0758. The van der Waals surface area contributed by atoms with Crippen LogP contribution in [0.15, 0.2) is 89.8 Å². The zero-order chi connectivity index (χ0) is 22.1. The van der Waals surface area contributed by atoms with E-state index >= 15 is 0 Å². The maximum atomic E-state index is 12.5. The van der Waals surface area contributed by atoms with Gasteiger partial charge in [0.05, 0.1) is 5.60 Å². The van der Waals surface area contributed by atoms with Gasteiger partial charge in [0, 0.05) is 16.6 Å². The second-order valence-corrected chi connectivity index (χ2v) is 9.63. The third kappa shape index (κ3) is 8.48. The highest BCUT2D eigenvalue weighted by Gasteiger charge is 2.19. The topological polar surface area (TPSA) is 47.6 Å². The highest BCUT2D eigenvalue weighted by atomic mass is 32.2. The molecule has 162 valence electrons. The first kappa shape index (κ1) is 22.9. The fourth-order valence-corrected chi connectivity index (χ4v) is 4.08. The Labute approximate surface area is 188 Å². The second kappa shape index (κ2) is 11.0. The van der Waals surface area contributed by atoms with Crippen LogP contribution >= 0.6 is 11.8 Å². The molecular formula is C26H29NO3S. The fraction of sp³-hybridized carbons (Fsp3) is 0.269. The maximum absolute atomic E-state index is 12.5. The number of ether oxygens (including phenoxy) is 1. The highest BCUT2D eigenvalue weighted by Crippen LogP contribution is 2.31. The van der Waals surface area contributed by atoms with Crippen molar-refractivity contribution in [1.82, 2.24) is 5.48 Å². The van der Waals surface area contributed by atoms with Crippen molar-refractivity contribution in [3.63, 3.8) is 0 Å². The number of thioether (sulfide) groups is 1. The summed E-state index contributed by atoms with van der Waals surface area (Å²) in [5.74, 6) is 1.47. The van der Waals surface area contributed by atoms with Gasteiger partial charge in [0.25, 0.3) is 0 Å². The average molecular weight is 436 g/mol. The number of para-hydroxylation sites is 1. The standard InChI is InChI=1S/C26H29NO3S/c1-26(2,3)30-27-25(28)19-24(18-20-10-6-4-7-11-20)31-23-16-14-22(15-17-23)29-21-12-8-5-9-13-21/h4-17,24H,18-19H2,1-3H3,(H,27,28).